The van der Waals surface area contributed by atoms with Gasteiger partial charge in [0.1, 0.15) is 10.7 Å². The largest absolute Gasteiger partial charge is 0.326 e. The lowest BCUT2D eigenvalue weighted by molar-refractivity contribution is 0.517. The minimum atomic E-state index is -3.99. The van der Waals surface area contributed by atoms with Gasteiger partial charge in [-0.3, -0.25) is 0 Å². The van der Waals surface area contributed by atoms with E-state index >= 15 is 0 Å². The molecular formula is C13H18F2N2O2S. The summed E-state index contributed by atoms with van der Waals surface area (Å²) in [5.74, 6) is -1.71. The number of rotatable bonds is 5. The van der Waals surface area contributed by atoms with E-state index in [2.05, 4.69) is 4.72 Å². The van der Waals surface area contributed by atoms with Crippen LogP contribution in [0, 0.1) is 23.0 Å². The first-order valence-electron chi connectivity index (χ1n) is 6.35. The number of hydrogen-bond acceptors (Lipinski definition) is 3. The maximum atomic E-state index is 14.0. The molecule has 0 aromatic heterocycles. The third-order valence-corrected chi connectivity index (χ3v) is 5.32. The van der Waals surface area contributed by atoms with Crippen molar-refractivity contribution in [2.24, 2.45) is 17.1 Å². The second-order valence-corrected chi connectivity index (χ2v) is 7.52. The standard InChI is InChI=1S/C13H18F2N2O2S/c1-13(2)5-8(13)7-17-20(18,19)11-4-3-10(14)9(6-16)12(11)15/h3-4,8,17H,5-7,16H2,1-2H3. The number of nitrogens with two attached hydrogens (primary N) is 1. The molecule has 0 aliphatic heterocycles. The van der Waals surface area contributed by atoms with Crippen molar-refractivity contribution in [2.75, 3.05) is 6.54 Å². The van der Waals surface area contributed by atoms with Crippen LogP contribution >= 0.6 is 0 Å². The molecule has 1 atom stereocenters. The van der Waals surface area contributed by atoms with Gasteiger partial charge in [-0.2, -0.15) is 0 Å². The Bertz CT molecular complexity index is 630. The van der Waals surface area contributed by atoms with Crippen molar-refractivity contribution in [1.29, 1.82) is 0 Å². The van der Waals surface area contributed by atoms with Gasteiger partial charge in [0.05, 0.1) is 0 Å². The molecule has 1 aromatic carbocycles. The molecule has 0 spiro atoms. The minimum Gasteiger partial charge on any atom is -0.326 e. The topological polar surface area (TPSA) is 72.2 Å². The average Bonchev–Trinajstić information content (AvgIpc) is 2.95. The zero-order chi connectivity index (χ0) is 15.1. The van der Waals surface area contributed by atoms with E-state index in [0.29, 0.717) is 0 Å². The fraction of sp³-hybridized carbons (Fsp3) is 0.538. The van der Waals surface area contributed by atoms with Gasteiger partial charge in [0, 0.05) is 18.7 Å². The molecule has 0 radical (unpaired) electrons. The molecule has 2 rings (SSSR count). The Morgan fingerprint density at radius 3 is 2.50 bits per heavy atom. The second kappa shape index (κ2) is 5.05. The maximum Gasteiger partial charge on any atom is 0.243 e. The molecule has 1 saturated carbocycles. The summed E-state index contributed by atoms with van der Waals surface area (Å²) in [6.45, 7) is 3.94. The van der Waals surface area contributed by atoms with Crippen LogP contribution in [0.5, 0.6) is 0 Å². The molecule has 0 heterocycles. The van der Waals surface area contributed by atoms with E-state index in [1.54, 1.807) is 0 Å². The van der Waals surface area contributed by atoms with E-state index in [9.17, 15) is 17.2 Å². The number of sulfonamides is 1. The van der Waals surface area contributed by atoms with Crippen LogP contribution in [0.4, 0.5) is 8.78 Å². The summed E-state index contributed by atoms with van der Waals surface area (Å²) in [5.41, 5.74) is 4.94. The fourth-order valence-electron chi connectivity index (χ4n) is 2.18. The van der Waals surface area contributed by atoms with Crippen LogP contribution in [0.25, 0.3) is 0 Å². The molecule has 1 unspecified atom stereocenters. The summed E-state index contributed by atoms with van der Waals surface area (Å²) in [4.78, 5) is -0.558. The fourth-order valence-corrected chi connectivity index (χ4v) is 3.37. The molecule has 1 aliphatic rings. The Balaban J connectivity index is 2.22. The predicted octanol–water partition coefficient (Wildman–Crippen LogP) is 1.75. The highest BCUT2D eigenvalue weighted by atomic mass is 32.2. The Hall–Kier alpha value is -1.05. The Kier molecular flexibility index (Phi) is 3.88. The van der Waals surface area contributed by atoms with Crippen molar-refractivity contribution in [1.82, 2.24) is 4.72 Å². The molecule has 1 fully saturated rings. The number of halogens is 2. The molecule has 112 valence electrons. The summed E-state index contributed by atoms with van der Waals surface area (Å²) < 4.78 is 53.8. The molecule has 0 bridgehead atoms. The molecule has 0 amide bonds. The lowest BCUT2D eigenvalue weighted by Crippen LogP contribution is -2.28. The third kappa shape index (κ3) is 2.84. The monoisotopic (exact) mass is 304 g/mol. The lowest BCUT2D eigenvalue weighted by atomic mass is 10.1. The van der Waals surface area contributed by atoms with Crippen LogP contribution in [-0.4, -0.2) is 15.0 Å². The Morgan fingerprint density at radius 2 is 2.00 bits per heavy atom. The zero-order valence-electron chi connectivity index (χ0n) is 11.4. The highest BCUT2D eigenvalue weighted by molar-refractivity contribution is 7.89. The Morgan fingerprint density at radius 1 is 1.40 bits per heavy atom. The first kappa shape index (κ1) is 15.3. The van der Waals surface area contributed by atoms with Gasteiger partial charge in [0.25, 0.3) is 0 Å². The van der Waals surface area contributed by atoms with E-state index in [1.807, 2.05) is 13.8 Å². The molecular weight excluding hydrogens is 286 g/mol. The lowest BCUT2D eigenvalue weighted by Gasteiger charge is -2.11. The molecule has 1 aliphatic carbocycles. The van der Waals surface area contributed by atoms with Crippen LogP contribution in [0.15, 0.2) is 17.0 Å². The summed E-state index contributed by atoms with van der Waals surface area (Å²) >= 11 is 0. The average molecular weight is 304 g/mol. The van der Waals surface area contributed by atoms with Gasteiger partial charge < -0.3 is 5.73 Å². The molecule has 7 heteroatoms. The summed E-state index contributed by atoms with van der Waals surface area (Å²) in [5, 5.41) is 0. The minimum absolute atomic E-state index is 0.117. The SMILES string of the molecule is CC1(C)CC1CNS(=O)(=O)c1ccc(F)c(CN)c1F. The molecule has 0 saturated heterocycles. The van der Waals surface area contributed by atoms with Crippen LogP contribution in [-0.2, 0) is 16.6 Å². The van der Waals surface area contributed by atoms with Gasteiger partial charge in [0.2, 0.25) is 10.0 Å². The number of benzene rings is 1. The second-order valence-electron chi connectivity index (χ2n) is 5.78. The molecule has 20 heavy (non-hydrogen) atoms. The van der Waals surface area contributed by atoms with E-state index in [1.165, 1.54) is 0 Å². The van der Waals surface area contributed by atoms with Crippen molar-refractivity contribution in [3.63, 3.8) is 0 Å². The molecule has 4 nitrogen and oxygen atoms in total. The van der Waals surface area contributed by atoms with Crippen LogP contribution in [0.2, 0.25) is 0 Å². The van der Waals surface area contributed by atoms with Gasteiger partial charge in [-0.15, -0.1) is 0 Å². The zero-order valence-corrected chi connectivity index (χ0v) is 12.2. The van der Waals surface area contributed by atoms with Crippen molar-refractivity contribution in [3.8, 4) is 0 Å². The van der Waals surface area contributed by atoms with Gasteiger partial charge in [0.15, 0.2) is 5.82 Å². The smallest absolute Gasteiger partial charge is 0.243 e. The third-order valence-electron chi connectivity index (χ3n) is 3.88. The highest BCUT2D eigenvalue weighted by Crippen LogP contribution is 2.51. The molecule has 1 aromatic rings. The normalized spacial score (nSPS) is 20.9. The highest BCUT2D eigenvalue weighted by Gasteiger charge is 2.45. The first-order valence-corrected chi connectivity index (χ1v) is 7.84. The van der Waals surface area contributed by atoms with Crippen molar-refractivity contribution in [2.45, 2.75) is 31.7 Å². The number of hydrogen-bond donors (Lipinski definition) is 2. The van der Waals surface area contributed by atoms with E-state index in [0.717, 1.165) is 18.6 Å². The van der Waals surface area contributed by atoms with Gasteiger partial charge in [-0.1, -0.05) is 13.8 Å². The number of nitrogens with one attached hydrogen (secondary N) is 1. The van der Waals surface area contributed by atoms with Crippen LogP contribution < -0.4 is 10.5 Å². The van der Waals surface area contributed by atoms with Gasteiger partial charge >= 0.3 is 0 Å². The maximum absolute atomic E-state index is 14.0. The van der Waals surface area contributed by atoms with Crippen LogP contribution in [0.3, 0.4) is 0 Å². The summed E-state index contributed by atoms with van der Waals surface area (Å²) in [6, 6.07) is 1.84. The van der Waals surface area contributed by atoms with E-state index in [4.69, 9.17) is 5.73 Å². The predicted molar refractivity (Wildman–Crippen MR) is 71.3 cm³/mol. The van der Waals surface area contributed by atoms with E-state index in [-0.39, 0.29) is 17.9 Å². The summed E-state index contributed by atoms with van der Waals surface area (Å²) in [7, 11) is -3.99. The first-order chi connectivity index (χ1) is 9.19. The quantitative estimate of drug-likeness (QED) is 0.870. The van der Waals surface area contributed by atoms with Crippen molar-refractivity contribution >= 4 is 10.0 Å². The van der Waals surface area contributed by atoms with Crippen LogP contribution in [0.1, 0.15) is 25.8 Å². The Labute approximate surface area is 117 Å². The van der Waals surface area contributed by atoms with Gasteiger partial charge in [-0.05, 0) is 29.9 Å². The van der Waals surface area contributed by atoms with Gasteiger partial charge in [-0.25, -0.2) is 21.9 Å². The van der Waals surface area contributed by atoms with Crippen molar-refractivity contribution in [3.05, 3.63) is 29.3 Å². The van der Waals surface area contributed by atoms with Crippen molar-refractivity contribution < 1.29 is 17.2 Å². The molecule has 3 N–H and O–H groups in total. The van der Waals surface area contributed by atoms with E-state index < -0.39 is 38.7 Å². The summed E-state index contributed by atoms with van der Waals surface area (Å²) in [6.07, 6.45) is 0.926.